The van der Waals surface area contributed by atoms with Gasteiger partial charge >= 0.3 is 0 Å². The van der Waals surface area contributed by atoms with Gasteiger partial charge in [0.25, 0.3) is 0 Å². The maximum absolute atomic E-state index is 12.4. The van der Waals surface area contributed by atoms with E-state index in [1.165, 1.54) is 36.1 Å². The second kappa shape index (κ2) is 7.41. The van der Waals surface area contributed by atoms with Gasteiger partial charge in [-0.05, 0) is 67.9 Å². The maximum Gasteiger partial charge on any atom is 0.102 e. The molecule has 0 spiro atoms. The molecule has 2 unspecified atom stereocenters. The Morgan fingerprint density at radius 3 is 2.37 bits per heavy atom. The highest BCUT2D eigenvalue weighted by molar-refractivity contribution is 5.48. The quantitative estimate of drug-likeness (QED) is 0.817. The Morgan fingerprint density at radius 2 is 1.67 bits per heavy atom. The molecule has 0 saturated carbocycles. The zero-order chi connectivity index (χ0) is 18.9. The third kappa shape index (κ3) is 3.03. The van der Waals surface area contributed by atoms with Gasteiger partial charge in [-0.25, -0.2) is 0 Å². The number of hydrogen-bond donors (Lipinski definition) is 1. The minimum atomic E-state index is -0.790. The lowest BCUT2D eigenvalue weighted by Gasteiger charge is -2.48. The minimum absolute atomic E-state index is 0.270. The number of hydrogen-bond acceptors (Lipinski definition) is 2. The van der Waals surface area contributed by atoms with Crippen LogP contribution in [0, 0.1) is 5.92 Å². The van der Waals surface area contributed by atoms with Gasteiger partial charge in [0.1, 0.15) is 5.60 Å². The second-order valence-corrected chi connectivity index (χ2v) is 8.77. The van der Waals surface area contributed by atoms with Gasteiger partial charge < -0.3 is 10.0 Å². The molecule has 1 fully saturated rings. The first kappa shape index (κ1) is 18.7. The zero-order valence-electron chi connectivity index (χ0n) is 16.8. The van der Waals surface area contributed by atoms with Gasteiger partial charge in [0, 0.05) is 5.41 Å². The molecule has 2 heteroatoms. The smallest absolute Gasteiger partial charge is 0.102 e. The first-order valence-corrected chi connectivity index (χ1v) is 10.7. The normalized spacial score (nSPS) is 29.0. The molecule has 1 aliphatic heterocycles. The van der Waals surface area contributed by atoms with Crippen LogP contribution in [-0.2, 0) is 17.4 Å². The van der Waals surface area contributed by atoms with Crippen molar-refractivity contribution in [3.05, 3.63) is 71.3 Å². The summed E-state index contributed by atoms with van der Waals surface area (Å²) in [5.41, 5.74) is 2.69. The molecule has 0 aromatic heterocycles. The molecular formula is C25H33NO. The first-order valence-electron chi connectivity index (χ1n) is 10.7. The Hall–Kier alpha value is -1.64. The van der Waals surface area contributed by atoms with Crippen LogP contribution in [0.5, 0.6) is 0 Å². The van der Waals surface area contributed by atoms with E-state index in [4.69, 9.17) is 0 Å². The van der Waals surface area contributed by atoms with Crippen molar-refractivity contribution in [1.29, 1.82) is 0 Å². The Balaban J connectivity index is 1.69. The van der Waals surface area contributed by atoms with Crippen molar-refractivity contribution in [2.75, 3.05) is 19.6 Å². The summed E-state index contributed by atoms with van der Waals surface area (Å²) >= 11 is 0. The van der Waals surface area contributed by atoms with Crippen molar-refractivity contribution < 1.29 is 5.11 Å². The van der Waals surface area contributed by atoms with Crippen LogP contribution in [0.2, 0.25) is 0 Å². The average molecular weight is 364 g/mol. The van der Waals surface area contributed by atoms with E-state index in [2.05, 4.69) is 73.3 Å². The molecule has 144 valence electrons. The fourth-order valence-corrected chi connectivity index (χ4v) is 5.61. The van der Waals surface area contributed by atoms with Crippen LogP contribution in [0.15, 0.2) is 54.6 Å². The number of benzene rings is 2. The third-order valence-electron chi connectivity index (χ3n) is 7.23. The molecule has 1 saturated heterocycles. The van der Waals surface area contributed by atoms with Gasteiger partial charge in [0.15, 0.2) is 0 Å². The number of likely N-dealkylation sites (tertiary alicyclic amines) is 1. The van der Waals surface area contributed by atoms with E-state index in [1.807, 2.05) is 0 Å². The van der Waals surface area contributed by atoms with Crippen molar-refractivity contribution in [1.82, 2.24) is 4.90 Å². The number of fused-ring (bicyclic) bond motifs is 1. The molecule has 2 aromatic rings. The van der Waals surface area contributed by atoms with Crippen LogP contribution in [0.1, 0.15) is 56.2 Å². The van der Waals surface area contributed by atoms with E-state index in [1.54, 1.807) is 0 Å². The molecule has 27 heavy (non-hydrogen) atoms. The molecule has 1 N–H and O–H groups in total. The van der Waals surface area contributed by atoms with Crippen LogP contribution >= 0.6 is 0 Å². The SMILES string of the molecule is CCCCN1CCC(C2(O)c3ccccc3CC2(C)c2ccccc2)CC1. The van der Waals surface area contributed by atoms with E-state index in [0.717, 1.165) is 32.4 Å². The summed E-state index contributed by atoms with van der Waals surface area (Å²) in [5, 5.41) is 12.4. The summed E-state index contributed by atoms with van der Waals surface area (Å²) in [6, 6.07) is 19.3. The van der Waals surface area contributed by atoms with Crippen molar-refractivity contribution in [2.45, 2.75) is 57.0 Å². The van der Waals surface area contributed by atoms with Gasteiger partial charge in [-0.15, -0.1) is 0 Å². The molecule has 0 radical (unpaired) electrons. The molecular weight excluding hydrogens is 330 g/mol. The van der Waals surface area contributed by atoms with Gasteiger partial charge in [-0.3, -0.25) is 0 Å². The molecule has 1 heterocycles. The maximum atomic E-state index is 12.4. The number of rotatable bonds is 5. The Labute approximate surface area is 164 Å². The highest BCUT2D eigenvalue weighted by Crippen LogP contribution is 2.57. The highest BCUT2D eigenvalue weighted by Gasteiger charge is 2.58. The lowest BCUT2D eigenvalue weighted by molar-refractivity contribution is -0.0964. The van der Waals surface area contributed by atoms with Crippen LogP contribution in [0.25, 0.3) is 0 Å². The lowest BCUT2D eigenvalue weighted by Crippen LogP contribution is -2.52. The molecule has 2 atom stereocenters. The fourth-order valence-electron chi connectivity index (χ4n) is 5.61. The predicted molar refractivity (Wildman–Crippen MR) is 112 cm³/mol. The van der Waals surface area contributed by atoms with Gasteiger partial charge in [-0.2, -0.15) is 0 Å². The molecule has 0 bridgehead atoms. The Morgan fingerprint density at radius 1 is 1.00 bits per heavy atom. The molecule has 2 aliphatic rings. The van der Waals surface area contributed by atoms with Gasteiger partial charge in [0.2, 0.25) is 0 Å². The van der Waals surface area contributed by atoms with Crippen molar-refractivity contribution >= 4 is 0 Å². The van der Waals surface area contributed by atoms with Gasteiger partial charge in [-0.1, -0.05) is 74.9 Å². The van der Waals surface area contributed by atoms with Crippen LogP contribution < -0.4 is 0 Å². The topological polar surface area (TPSA) is 23.5 Å². The average Bonchev–Trinajstić information content (AvgIpc) is 2.96. The van der Waals surface area contributed by atoms with Gasteiger partial charge in [0.05, 0.1) is 0 Å². The lowest BCUT2D eigenvalue weighted by atomic mass is 9.61. The second-order valence-electron chi connectivity index (χ2n) is 8.77. The van der Waals surface area contributed by atoms with E-state index >= 15 is 0 Å². The van der Waals surface area contributed by atoms with E-state index in [9.17, 15) is 5.11 Å². The van der Waals surface area contributed by atoms with Crippen molar-refractivity contribution in [3.8, 4) is 0 Å². The number of aliphatic hydroxyl groups is 1. The predicted octanol–water partition coefficient (Wildman–Crippen LogP) is 4.90. The molecule has 4 rings (SSSR count). The first-order chi connectivity index (χ1) is 13.1. The standard InChI is InChI=1S/C25H33NO/c1-3-4-16-26-17-14-22(15-18-26)25(27)23-13-9-8-10-20(23)19-24(25,2)21-11-6-5-7-12-21/h5-13,22,27H,3-4,14-19H2,1-2H3. The van der Waals surface area contributed by atoms with Crippen LogP contribution in [0.4, 0.5) is 0 Å². The van der Waals surface area contributed by atoms with E-state index < -0.39 is 5.60 Å². The largest absolute Gasteiger partial charge is 0.384 e. The van der Waals surface area contributed by atoms with Crippen molar-refractivity contribution in [2.24, 2.45) is 5.92 Å². The molecule has 2 nitrogen and oxygen atoms in total. The monoisotopic (exact) mass is 363 g/mol. The van der Waals surface area contributed by atoms with Crippen LogP contribution in [-0.4, -0.2) is 29.6 Å². The third-order valence-corrected chi connectivity index (χ3v) is 7.23. The zero-order valence-corrected chi connectivity index (χ0v) is 16.8. The summed E-state index contributed by atoms with van der Waals surface area (Å²) in [5.74, 6) is 0.309. The summed E-state index contributed by atoms with van der Waals surface area (Å²) in [4.78, 5) is 2.59. The number of nitrogens with zero attached hydrogens (tertiary/aromatic N) is 1. The van der Waals surface area contributed by atoms with Crippen molar-refractivity contribution in [3.63, 3.8) is 0 Å². The molecule has 1 aliphatic carbocycles. The Kier molecular flexibility index (Phi) is 5.13. The minimum Gasteiger partial charge on any atom is -0.384 e. The molecule has 2 aromatic carbocycles. The highest BCUT2D eigenvalue weighted by atomic mass is 16.3. The number of piperidine rings is 1. The summed E-state index contributed by atoms with van der Waals surface area (Å²) in [6.07, 6.45) is 5.61. The summed E-state index contributed by atoms with van der Waals surface area (Å²) < 4.78 is 0. The number of unbranched alkanes of at least 4 members (excludes halogenated alkanes) is 1. The molecule has 0 amide bonds. The van der Waals surface area contributed by atoms with E-state index in [-0.39, 0.29) is 5.41 Å². The fraction of sp³-hybridized carbons (Fsp3) is 0.520. The summed E-state index contributed by atoms with van der Waals surface area (Å²) in [6.45, 7) is 7.97. The van der Waals surface area contributed by atoms with Crippen LogP contribution in [0.3, 0.4) is 0 Å². The Bertz CT molecular complexity index is 765. The van der Waals surface area contributed by atoms with E-state index in [0.29, 0.717) is 5.92 Å². The summed E-state index contributed by atoms with van der Waals surface area (Å²) in [7, 11) is 0.